The summed E-state index contributed by atoms with van der Waals surface area (Å²) < 4.78 is 28.2. The molecule has 2 N–H and O–H groups in total. The van der Waals surface area contributed by atoms with Crippen LogP contribution >= 0.6 is 11.5 Å². The molecule has 1 aromatic rings. The van der Waals surface area contributed by atoms with Gasteiger partial charge < -0.3 is 10.6 Å². The minimum absolute atomic E-state index is 0.0571. The van der Waals surface area contributed by atoms with Crippen molar-refractivity contribution in [2.75, 3.05) is 29.5 Å². The standard InChI is InChI=1S/C11H19N3O2S2/c1-4-18(15,16)9-10(12)13-17-11(9)14-5-7(2)8(3)6-14/h7-8H,4-6H2,1-3H3,(H2,12,13). The lowest BCUT2D eigenvalue weighted by Gasteiger charge is -2.17. The minimum Gasteiger partial charge on any atom is -0.382 e. The van der Waals surface area contributed by atoms with Crippen LogP contribution in [0.1, 0.15) is 20.8 Å². The largest absolute Gasteiger partial charge is 0.382 e. The van der Waals surface area contributed by atoms with Crippen LogP contribution in [0.4, 0.5) is 10.8 Å². The van der Waals surface area contributed by atoms with Gasteiger partial charge in [-0.05, 0) is 23.4 Å². The molecule has 7 heteroatoms. The van der Waals surface area contributed by atoms with E-state index in [4.69, 9.17) is 5.73 Å². The first kappa shape index (κ1) is 13.6. The van der Waals surface area contributed by atoms with E-state index >= 15 is 0 Å². The highest BCUT2D eigenvalue weighted by Gasteiger charge is 2.33. The number of nitrogens with two attached hydrogens (primary N) is 1. The van der Waals surface area contributed by atoms with Gasteiger partial charge in [-0.15, -0.1) is 0 Å². The molecule has 2 rings (SSSR count). The van der Waals surface area contributed by atoms with Crippen molar-refractivity contribution in [2.24, 2.45) is 11.8 Å². The Kier molecular flexibility index (Phi) is 3.55. The molecule has 102 valence electrons. The van der Waals surface area contributed by atoms with E-state index in [9.17, 15) is 8.42 Å². The van der Waals surface area contributed by atoms with Crippen LogP contribution in [0.5, 0.6) is 0 Å². The SMILES string of the molecule is CCS(=O)(=O)c1c(N)nsc1N1CC(C)C(C)C1. The topological polar surface area (TPSA) is 76.3 Å². The van der Waals surface area contributed by atoms with Crippen LogP contribution in [0.15, 0.2) is 4.90 Å². The van der Waals surface area contributed by atoms with E-state index in [1.54, 1.807) is 6.92 Å². The molecule has 0 spiro atoms. The van der Waals surface area contributed by atoms with Crippen molar-refractivity contribution in [3.63, 3.8) is 0 Å². The van der Waals surface area contributed by atoms with E-state index in [2.05, 4.69) is 23.1 Å². The van der Waals surface area contributed by atoms with E-state index in [1.807, 2.05) is 0 Å². The van der Waals surface area contributed by atoms with Crippen molar-refractivity contribution in [1.82, 2.24) is 4.37 Å². The summed E-state index contributed by atoms with van der Waals surface area (Å²) in [6.07, 6.45) is 0. The van der Waals surface area contributed by atoms with Crippen molar-refractivity contribution in [3.05, 3.63) is 0 Å². The lowest BCUT2D eigenvalue weighted by atomic mass is 10.0. The van der Waals surface area contributed by atoms with E-state index in [1.165, 1.54) is 11.5 Å². The molecule has 0 aromatic carbocycles. The molecule has 1 aliphatic heterocycles. The Morgan fingerprint density at radius 3 is 2.44 bits per heavy atom. The summed E-state index contributed by atoms with van der Waals surface area (Å²) in [6, 6.07) is 0. The number of nitrogen functional groups attached to an aromatic ring is 1. The maximum absolute atomic E-state index is 12.1. The third-order valence-electron chi connectivity index (χ3n) is 3.62. The van der Waals surface area contributed by atoms with Gasteiger partial charge in [0.15, 0.2) is 15.7 Å². The molecule has 2 heterocycles. The summed E-state index contributed by atoms with van der Waals surface area (Å²) in [5.74, 6) is 1.32. The first-order chi connectivity index (χ1) is 8.36. The van der Waals surface area contributed by atoms with Crippen molar-refractivity contribution >= 4 is 32.2 Å². The highest BCUT2D eigenvalue weighted by atomic mass is 32.2. The Labute approximate surface area is 112 Å². The summed E-state index contributed by atoms with van der Waals surface area (Å²) in [5.41, 5.74) is 5.73. The third-order valence-corrected chi connectivity index (χ3v) is 6.46. The Morgan fingerprint density at radius 2 is 1.94 bits per heavy atom. The molecule has 0 radical (unpaired) electrons. The van der Waals surface area contributed by atoms with Crippen molar-refractivity contribution < 1.29 is 8.42 Å². The van der Waals surface area contributed by atoms with Crippen LogP contribution in [0.2, 0.25) is 0 Å². The molecule has 0 amide bonds. The normalized spacial score (nSPS) is 24.7. The smallest absolute Gasteiger partial charge is 0.184 e. The van der Waals surface area contributed by atoms with E-state index in [0.29, 0.717) is 16.8 Å². The molecule has 1 aliphatic rings. The van der Waals surface area contributed by atoms with Gasteiger partial charge >= 0.3 is 0 Å². The molecule has 18 heavy (non-hydrogen) atoms. The first-order valence-electron chi connectivity index (χ1n) is 6.09. The van der Waals surface area contributed by atoms with Gasteiger partial charge in [-0.2, -0.15) is 4.37 Å². The van der Waals surface area contributed by atoms with Gasteiger partial charge in [0.1, 0.15) is 9.90 Å². The molecule has 0 aliphatic carbocycles. The van der Waals surface area contributed by atoms with Gasteiger partial charge in [0.05, 0.1) is 5.75 Å². The van der Waals surface area contributed by atoms with Gasteiger partial charge in [-0.3, -0.25) is 0 Å². The lowest BCUT2D eigenvalue weighted by Crippen LogP contribution is -2.21. The summed E-state index contributed by atoms with van der Waals surface area (Å²) in [7, 11) is -3.31. The zero-order chi connectivity index (χ0) is 13.5. The van der Waals surface area contributed by atoms with Crippen LogP contribution in [-0.4, -0.2) is 31.6 Å². The zero-order valence-corrected chi connectivity index (χ0v) is 12.5. The molecule has 1 saturated heterocycles. The van der Waals surface area contributed by atoms with E-state index in [-0.39, 0.29) is 16.5 Å². The average Bonchev–Trinajstić information content (AvgIpc) is 2.84. The molecule has 0 bridgehead atoms. The second-order valence-corrected chi connectivity index (χ2v) is 7.93. The highest BCUT2D eigenvalue weighted by Crippen LogP contribution is 2.38. The quantitative estimate of drug-likeness (QED) is 0.915. The number of hydrogen-bond acceptors (Lipinski definition) is 6. The van der Waals surface area contributed by atoms with Gasteiger partial charge in [-0.25, -0.2) is 8.42 Å². The third kappa shape index (κ3) is 2.21. The molecule has 0 saturated carbocycles. The number of rotatable bonds is 3. The fourth-order valence-electron chi connectivity index (χ4n) is 2.22. The highest BCUT2D eigenvalue weighted by molar-refractivity contribution is 7.91. The maximum atomic E-state index is 12.1. The molecular weight excluding hydrogens is 270 g/mol. The summed E-state index contributed by atoms with van der Waals surface area (Å²) in [6.45, 7) is 7.74. The minimum atomic E-state index is -3.31. The summed E-state index contributed by atoms with van der Waals surface area (Å²) >= 11 is 1.19. The fraction of sp³-hybridized carbons (Fsp3) is 0.727. The molecule has 2 unspecified atom stereocenters. The average molecular weight is 289 g/mol. The van der Waals surface area contributed by atoms with Crippen LogP contribution in [-0.2, 0) is 9.84 Å². The van der Waals surface area contributed by atoms with Gasteiger partial charge in [0.2, 0.25) is 0 Å². The second kappa shape index (κ2) is 4.70. The number of nitrogens with zero attached hydrogens (tertiary/aromatic N) is 2. The predicted molar refractivity (Wildman–Crippen MR) is 74.8 cm³/mol. The molecule has 5 nitrogen and oxygen atoms in total. The van der Waals surface area contributed by atoms with Gasteiger partial charge in [0, 0.05) is 13.1 Å². The number of anilines is 2. The van der Waals surface area contributed by atoms with Crippen molar-refractivity contribution in [3.8, 4) is 0 Å². The van der Waals surface area contributed by atoms with Crippen LogP contribution in [0.25, 0.3) is 0 Å². The predicted octanol–water partition coefficient (Wildman–Crippen LogP) is 1.61. The van der Waals surface area contributed by atoms with Crippen LogP contribution in [0, 0.1) is 11.8 Å². The maximum Gasteiger partial charge on any atom is 0.184 e. The Balaban J connectivity index is 2.42. The molecular formula is C11H19N3O2S2. The fourth-order valence-corrected chi connectivity index (χ4v) is 4.55. The Morgan fingerprint density at radius 1 is 1.39 bits per heavy atom. The van der Waals surface area contributed by atoms with Crippen molar-refractivity contribution in [1.29, 1.82) is 0 Å². The van der Waals surface area contributed by atoms with Crippen LogP contribution < -0.4 is 10.6 Å². The zero-order valence-electron chi connectivity index (χ0n) is 10.9. The monoisotopic (exact) mass is 289 g/mol. The second-order valence-electron chi connectivity index (χ2n) is 4.97. The van der Waals surface area contributed by atoms with Crippen LogP contribution in [0.3, 0.4) is 0 Å². The van der Waals surface area contributed by atoms with Crippen molar-refractivity contribution in [2.45, 2.75) is 25.7 Å². The van der Waals surface area contributed by atoms with E-state index < -0.39 is 9.84 Å². The summed E-state index contributed by atoms with van der Waals surface area (Å²) in [5, 5.41) is 0.713. The molecule has 1 aromatic heterocycles. The van der Waals surface area contributed by atoms with Gasteiger partial charge in [-0.1, -0.05) is 20.8 Å². The van der Waals surface area contributed by atoms with E-state index in [0.717, 1.165) is 13.1 Å². The first-order valence-corrected chi connectivity index (χ1v) is 8.52. The number of hydrogen-bond donors (Lipinski definition) is 1. The Bertz CT molecular complexity index is 528. The lowest BCUT2D eigenvalue weighted by molar-refractivity contribution is 0.494. The summed E-state index contributed by atoms with van der Waals surface area (Å²) in [4.78, 5) is 2.34. The molecule has 1 fully saturated rings. The van der Waals surface area contributed by atoms with Gasteiger partial charge in [0.25, 0.3) is 0 Å². The number of aromatic nitrogens is 1. The Hall–Kier alpha value is -0.820. The number of sulfone groups is 1. The molecule has 2 atom stereocenters.